The predicted octanol–water partition coefficient (Wildman–Crippen LogP) is 4.69. The van der Waals surface area contributed by atoms with E-state index in [-0.39, 0.29) is 29.4 Å². The minimum atomic E-state index is -4.25. The molecule has 1 unspecified atom stereocenters. The zero-order valence-corrected chi connectivity index (χ0v) is 24.7. The van der Waals surface area contributed by atoms with E-state index in [1.165, 1.54) is 12.3 Å². The number of nitrogens with two attached hydrogens (primary N) is 1. The van der Waals surface area contributed by atoms with Crippen LogP contribution in [-0.2, 0) is 31.8 Å². The van der Waals surface area contributed by atoms with E-state index in [2.05, 4.69) is 5.32 Å². The second-order valence-corrected chi connectivity index (χ2v) is 12.6. The maximum Gasteiger partial charge on any atom is 0.341 e. The lowest BCUT2D eigenvalue weighted by Crippen LogP contribution is -2.67. The number of furan rings is 1. The molecule has 0 saturated carbocycles. The van der Waals surface area contributed by atoms with Crippen LogP contribution in [0.15, 0.2) is 64.1 Å². The first-order valence-electron chi connectivity index (χ1n) is 12.4. The molecule has 1 saturated heterocycles. The lowest BCUT2D eigenvalue weighted by Gasteiger charge is -2.54. The Balaban J connectivity index is 1.66. The first-order chi connectivity index (χ1) is 18.6. The van der Waals surface area contributed by atoms with Crippen LogP contribution in [0.25, 0.3) is 0 Å². The van der Waals surface area contributed by atoms with Crippen molar-refractivity contribution in [2.45, 2.75) is 62.7 Å². The number of anilines is 1. The van der Waals surface area contributed by atoms with Crippen molar-refractivity contribution in [3.63, 3.8) is 0 Å². The topological polar surface area (TPSA) is 144 Å². The number of rotatable bonds is 8. The SMILES string of the molecule is CC(OC(=O)c1cc(S(N)(=O)=O)c(Cl)cc1NCc1ccco1)N1[C@@H](C)[C@](O)(c2cccc(Cl)c2)OCC1(C)C. The fraction of sp³-hybridized carbons (Fsp3) is 0.370. The van der Waals surface area contributed by atoms with Gasteiger partial charge in [-0.3, -0.25) is 4.90 Å². The average Bonchev–Trinajstić information content (AvgIpc) is 3.38. The van der Waals surface area contributed by atoms with Crippen LogP contribution in [0, 0.1) is 0 Å². The van der Waals surface area contributed by atoms with Crippen LogP contribution in [0.2, 0.25) is 10.0 Å². The highest BCUT2D eigenvalue weighted by atomic mass is 35.5. The van der Waals surface area contributed by atoms with E-state index in [1.54, 1.807) is 50.2 Å². The normalized spacial score (nSPS) is 22.1. The summed E-state index contributed by atoms with van der Waals surface area (Å²) in [6.45, 7) is 7.49. The zero-order valence-electron chi connectivity index (χ0n) is 22.4. The van der Waals surface area contributed by atoms with E-state index in [0.717, 1.165) is 6.07 Å². The van der Waals surface area contributed by atoms with E-state index in [1.807, 2.05) is 18.7 Å². The number of nitrogens with one attached hydrogen (secondary N) is 1. The lowest BCUT2D eigenvalue weighted by atomic mass is 9.89. The van der Waals surface area contributed by atoms with Gasteiger partial charge in [0.05, 0.1) is 41.7 Å². The van der Waals surface area contributed by atoms with Gasteiger partial charge in [0, 0.05) is 16.1 Å². The molecule has 1 aliphatic heterocycles. The lowest BCUT2D eigenvalue weighted by molar-refractivity contribution is -0.319. The molecular weight excluding hydrogens is 581 g/mol. The van der Waals surface area contributed by atoms with E-state index < -0.39 is 44.5 Å². The number of esters is 1. The third-order valence-electron chi connectivity index (χ3n) is 6.87. The van der Waals surface area contributed by atoms with Crippen LogP contribution in [0.4, 0.5) is 5.69 Å². The van der Waals surface area contributed by atoms with Crippen molar-refractivity contribution in [1.82, 2.24) is 4.90 Å². The number of halogens is 2. The number of aliphatic hydroxyl groups is 1. The second-order valence-electron chi connectivity index (χ2n) is 10.2. The van der Waals surface area contributed by atoms with Crippen molar-refractivity contribution in [2.24, 2.45) is 5.14 Å². The molecule has 10 nitrogen and oxygen atoms in total. The molecule has 0 bridgehead atoms. The number of carbonyl (C=O) groups is 1. The highest BCUT2D eigenvalue weighted by Gasteiger charge is 2.52. The summed E-state index contributed by atoms with van der Waals surface area (Å²) in [4.78, 5) is 15.0. The molecule has 0 radical (unpaired) electrons. The van der Waals surface area contributed by atoms with Crippen LogP contribution >= 0.6 is 23.2 Å². The molecule has 40 heavy (non-hydrogen) atoms. The molecule has 13 heteroatoms. The number of carbonyl (C=O) groups excluding carboxylic acids is 1. The molecule has 4 N–H and O–H groups in total. The summed E-state index contributed by atoms with van der Waals surface area (Å²) < 4.78 is 41.5. The summed E-state index contributed by atoms with van der Waals surface area (Å²) >= 11 is 12.4. The maximum atomic E-state index is 13.6. The van der Waals surface area contributed by atoms with E-state index >= 15 is 0 Å². The van der Waals surface area contributed by atoms with Gasteiger partial charge in [-0.05, 0) is 64.1 Å². The van der Waals surface area contributed by atoms with Gasteiger partial charge in [-0.2, -0.15) is 0 Å². The molecule has 0 aliphatic carbocycles. The Morgan fingerprint density at radius 3 is 2.60 bits per heavy atom. The Morgan fingerprint density at radius 1 is 1.25 bits per heavy atom. The maximum absolute atomic E-state index is 13.6. The molecule has 2 aromatic carbocycles. The number of hydrogen-bond acceptors (Lipinski definition) is 9. The van der Waals surface area contributed by atoms with Crippen molar-refractivity contribution >= 4 is 44.9 Å². The van der Waals surface area contributed by atoms with Crippen molar-refractivity contribution in [1.29, 1.82) is 0 Å². The smallest absolute Gasteiger partial charge is 0.341 e. The average molecular weight is 613 g/mol. The van der Waals surface area contributed by atoms with Crippen molar-refractivity contribution in [3.8, 4) is 0 Å². The fourth-order valence-electron chi connectivity index (χ4n) is 4.99. The number of morpholine rings is 1. The Kier molecular flexibility index (Phi) is 8.58. The van der Waals surface area contributed by atoms with Crippen LogP contribution < -0.4 is 10.5 Å². The molecule has 4 rings (SSSR count). The second kappa shape index (κ2) is 11.3. The van der Waals surface area contributed by atoms with E-state index in [9.17, 15) is 18.3 Å². The van der Waals surface area contributed by atoms with Crippen LogP contribution in [-0.4, -0.2) is 48.8 Å². The number of ether oxygens (including phenoxy) is 2. The van der Waals surface area contributed by atoms with Crippen molar-refractivity contribution in [2.75, 3.05) is 11.9 Å². The van der Waals surface area contributed by atoms with E-state index in [0.29, 0.717) is 16.3 Å². The summed E-state index contributed by atoms with van der Waals surface area (Å²) in [5, 5.41) is 20.3. The van der Waals surface area contributed by atoms with Gasteiger partial charge in [0.1, 0.15) is 10.7 Å². The first-order valence-corrected chi connectivity index (χ1v) is 14.7. The Bertz CT molecular complexity index is 1500. The molecule has 1 aliphatic rings. The third kappa shape index (κ3) is 6.15. The van der Waals surface area contributed by atoms with Crippen LogP contribution in [0.1, 0.15) is 49.4 Å². The first kappa shape index (κ1) is 30.3. The monoisotopic (exact) mass is 611 g/mol. The van der Waals surface area contributed by atoms with Gasteiger partial charge in [0.25, 0.3) is 0 Å². The van der Waals surface area contributed by atoms with E-state index in [4.69, 9.17) is 42.2 Å². The largest absolute Gasteiger partial charge is 0.467 e. The number of sulfonamides is 1. The Hall–Kier alpha value is -2.64. The van der Waals surface area contributed by atoms with Crippen molar-refractivity contribution < 1.29 is 32.2 Å². The zero-order chi connectivity index (χ0) is 29.5. The molecule has 1 fully saturated rings. The third-order valence-corrected chi connectivity index (χ3v) is 8.48. The molecular formula is C27H31Cl2N3O7S. The summed E-state index contributed by atoms with van der Waals surface area (Å²) in [6, 6.07) is 11.8. The Morgan fingerprint density at radius 2 is 1.98 bits per heavy atom. The molecule has 3 aromatic rings. The molecule has 2 heterocycles. The number of hydrogen-bond donors (Lipinski definition) is 3. The Labute approximate surface area is 243 Å². The van der Waals surface area contributed by atoms with Crippen molar-refractivity contribution in [3.05, 3.63) is 81.7 Å². The molecule has 216 valence electrons. The van der Waals surface area contributed by atoms with Gasteiger partial charge in [-0.15, -0.1) is 0 Å². The number of primary sulfonamides is 1. The number of nitrogens with zero attached hydrogens (tertiary/aromatic N) is 1. The van der Waals surface area contributed by atoms with Gasteiger partial charge < -0.3 is 24.3 Å². The highest BCUT2D eigenvalue weighted by molar-refractivity contribution is 7.89. The fourth-order valence-corrected chi connectivity index (χ4v) is 6.28. The number of benzene rings is 2. The highest BCUT2D eigenvalue weighted by Crippen LogP contribution is 2.41. The quantitative estimate of drug-likeness (QED) is 0.309. The molecule has 1 aromatic heterocycles. The minimum absolute atomic E-state index is 0.101. The molecule has 0 amide bonds. The standard InChI is InChI=1S/C27H31Cl2N3O7S/c1-16-27(34,18-7-5-8-19(28)11-18)38-15-26(3,4)32(16)17(2)39-25(33)21-12-24(40(30,35)36)22(29)13-23(21)31-14-20-9-6-10-37-20/h5-13,16-17,31,34H,14-15H2,1-4H3,(H2,30,35,36)/t16-,17?,27+/m0/s1. The van der Waals surface area contributed by atoms with Crippen LogP contribution in [0.3, 0.4) is 0 Å². The minimum Gasteiger partial charge on any atom is -0.467 e. The molecule has 0 spiro atoms. The van der Waals surface area contributed by atoms with Gasteiger partial charge in [0.2, 0.25) is 15.8 Å². The predicted molar refractivity (Wildman–Crippen MR) is 150 cm³/mol. The molecule has 3 atom stereocenters. The van der Waals surface area contributed by atoms with Gasteiger partial charge >= 0.3 is 5.97 Å². The summed E-state index contributed by atoms with van der Waals surface area (Å²) in [5.74, 6) is -2.02. The summed E-state index contributed by atoms with van der Waals surface area (Å²) in [6.07, 6.45) is 0.611. The summed E-state index contributed by atoms with van der Waals surface area (Å²) in [5.41, 5.74) is -0.103. The van der Waals surface area contributed by atoms with Crippen LogP contribution in [0.5, 0.6) is 0 Å². The van der Waals surface area contributed by atoms with Gasteiger partial charge in [-0.1, -0.05) is 35.3 Å². The summed E-state index contributed by atoms with van der Waals surface area (Å²) in [7, 11) is -4.25. The van der Waals surface area contributed by atoms with Gasteiger partial charge in [-0.25, -0.2) is 18.4 Å². The van der Waals surface area contributed by atoms with Gasteiger partial charge in [0.15, 0.2) is 6.23 Å².